The molecule has 1 aliphatic rings. The number of H-pyrrole nitrogens is 1. The lowest BCUT2D eigenvalue weighted by atomic mass is 9.93. The molecule has 0 amide bonds. The van der Waals surface area contributed by atoms with Crippen molar-refractivity contribution in [1.29, 1.82) is 0 Å². The van der Waals surface area contributed by atoms with E-state index in [1.54, 1.807) is 17.1 Å². The van der Waals surface area contributed by atoms with E-state index in [-0.39, 0.29) is 24.9 Å². The molecule has 0 spiro atoms. The number of hydrogen-bond donors (Lipinski definition) is 2. The molecule has 1 fully saturated rings. The van der Waals surface area contributed by atoms with Crippen LogP contribution in [0.4, 0.5) is 13.2 Å². The summed E-state index contributed by atoms with van der Waals surface area (Å²) in [6, 6.07) is 1.82. The fourth-order valence-corrected chi connectivity index (χ4v) is 4.91. The smallest absolute Gasteiger partial charge is 0.345 e. The number of nitrogens with zero attached hydrogens (tertiary/aromatic N) is 5. The summed E-state index contributed by atoms with van der Waals surface area (Å²) in [5.41, 5.74) is 1.91. The van der Waals surface area contributed by atoms with Crippen LogP contribution in [-0.2, 0) is 10.2 Å². The highest BCUT2D eigenvalue weighted by Crippen LogP contribution is 2.35. The zero-order valence-corrected chi connectivity index (χ0v) is 15.6. The molecule has 3 aromatic rings. The second kappa shape index (κ2) is 6.67. The topological polar surface area (TPSA) is 108 Å². The number of aromatic nitrogens is 5. The molecule has 4 rings (SSSR count). The first kappa shape index (κ1) is 19.1. The molecule has 0 radical (unpaired) electrons. The van der Waals surface area contributed by atoms with Crippen LogP contribution >= 0.6 is 0 Å². The summed E-state index contributed by atoms with van der Waals surface area (Å²) >= 11 is 0. The number of halogens is 3. The van der Waals surface area contributed by atoms with Gasteiger partial charge in [0.1, 0.15) is 12.4 Å². The number of alkyl halides is 3. The Labute approximate surface area is 158 Å². The maximum Gasteiger partial charge on any atom is 0.402 e. The van der Waals surface area contributed by atoms with Gasteiger partial charge in [-0.05, 0) is 12.0 Å². The van der Waals surface area contributed by atoms with Crippen LogP contribution in [0.5, 0.6) is 0 Å². The van der Waals surface area contributed by atoms with Gasteiger partial charge in [0.15, 0.2) is 11.3 Å². The Kier molecular flexibility index (Phi) is 4.55. The SMILES string of the molecule is CC[C@@H]1CN(S(=O)(=O)NCC(F)(F)F)C[C@@H]1c1nnc2cnc3[nH]ccc3n12. The lowest BCUT2D eigenvalue weighted by Gasteiger charge is -2.17. The van der Waals surface area contributed by atoms with Crippen LogP contribution < -0.4 is 4.72 Å². The van der Waals surface area contributed by atoms with Gasteiger partial charge in [-0.15, -0.1) is 10.2 Å². The molecule has 0 saturated carbocycles. The third-order valence-corrected chi connectivity index (χ3v) is 6.51. The first-order chi connectivity index (χ1) is 13.2. The Morgan fingerprint density at radius 2 is 2.11 bits per heavy atom. The van der Waals surface area contributed by atoms with Crippen molar-refractivity contribution in [3.8, 4) is 0 Å². The molecule has 0 aliphatic carbocycles. The Bertz CT molecular complexity index is 1110. The van der Waals surface area contributed by atoms with Crippen molar-refractivity contribution in [2.75, 3.05) is 19.6 Å². The minimum Gasteiger partial charge on any atom is -0.345 e. The zero-order chi connectivity index (χ0) is 20.1. The van der Waals surface area contributed by atoms with E-state index in [2.05, 4.69) is 20.2 Å². The van der Waals surface area contributed by atoms with Crippen molar-refractivity contribution in [3.63, 3.8) is 0 Å². The van der Waals surface area contributed by atoms with E-state index >= 15 is 0 Å². The number of hydrogen-bond acceptors (Lipinski definition) is 5. The van der Waals surface area contributed by atoms with Crippen molar-refractivity contribution < 1.29 is 21.6 Å². The normalized spacial score (nSPS) is 21.9. The van der Waals surface area contributed by atoms with Crippen molar-refractivity contribution in [1.82, 2.24) is 33.6 Å². The Balaban J connectivity index is 1.67. The van der Waals surface area contributed by atoms with Crippen LogP contribution in [0, 0.1) is 5.92 Å². The van der Waals surface area contributed by atoms with Crippen LogP contribution in [0.2, 0.25) is 0 Å². The van der Waals surface area contributed by atoms with E-state index in [1.807, 2.05) is 17.4 Å². The molecule has 152 valence electrons. The quantitative estimate of drug-likeness (QED) is 0.653. The molecule has 0 unspecified atom stereocenters. The lowest BCUT2D eigenvalue weighted by molar-refractivity contribution is -0.121. The van der Waals surface area contributed by atoms with Crippen molar-refractivity contribution in [2.45, 2.75) is 25.4 Å². The number of nitrogens with one attached hydrogen (secondary N) is 2. The van der Waals surface area contributed by atoms with Crippen molar-refractivity contribution in [3.05, 3.63) is 24.3 Å². The second-order valence-electron chi connectivity index (χ2n) is 6.75. The molecule has 0 aromatic carbocycles. The average molecular weight is 417 g/mol. The molecule has 28 heavy (non-hydrogen) atoms. The van der Waals surface area contributed by atoms with Crippen molar-refractivity contribution >= 4 is 27.0 Å². The molecule has 0 bridgehead atoms. The predicted octanol–water partition coefficient (Wildman–Crippen LogP) is 1.43. The van der Waals surface area contributed by atoms with Crippen LogP contribution in [0.25, 0.3) is 16.8 Å². The highest BCUT2D eigenvalue weighted by atomic mass is 32.2. The van der Waals surface area contributed by atoms with Gasteiger partial charge < -0.3 is 4.98 Å². The van der Waals surface area contributed by atoms with Gasteiger partial charge in [0.2, 0.25) is 0 Å². The highest BCUT2D eigenvalue weighted by Gasteiger charge is 2.42. The monoisotopic (exact) mass is 417 g/mol. The third-order valence-electron chi connectivity index (χ3n) is 5.03. The molecule has 1 aliphatic heterocycles. The van der Waals surface area contributed by atoms with E-state index in [0.717, 1.165) is 9.82 Å². The summed E-state index contributed by atoms with van der Waals surface area (Å²) < 4.78 is 66.5. The molecule has 3 aromatic heterocycles. The number of rotatable bonds is 5. The molecule has 9 nitrogen and oxygen atoms in total. The predicted molar refractivity (Wildman–Crippen MR) is 93.7 cm³/mol. The Morgan fingerprint density at radius 1 is 1.32 bits per heavy atom. The maximum atomic E-state index is 12.4. The van der Waals surface area contributed by atoms with Gasteiger partial charge in [-0.3, -0.25) is 4.40 Å². The fraction of sp³-hybridized carbons (Fsp3) is 0.533. The molecule has 13 heteroatoms. The van der Waals surface area contributed by atoms with Crippen molar-refractivity contribution in [2.24, 2.45) is 5.92 Å². The van der Waals surface area contributed by atoms with Gasteiger partial charge in [-0.25, -0.2) is 4.98 Å². The van der Waals surface area contributed by atoms with Gasteiger partial charge in [0.25, 0.3) is 10.2 Å². The largest absolute Gasteiger partial charge is 0.402 e. The minimum atomic E-state index is -4.62. The molecule has 4 heterocycles. The standard InChI is InChI=1S/C15H18F3N7O2S/c1-2-9-6-24(28(26,27)21-8-15(16,17)18)7-10(9)14-23-22-12-5-20-13-11(25(12)14)3-4-19-13/h3-5,9-10,19,21H,2,6-8H2,1H3/t9-,10+/m1/s1. The first-order valence-electron chi connectivity index (χ1n) is 8.68. The van der Waals surface area contributed by atoms with Gasteiger partial charge in [0.05, 0.1) is 11.7 Å². The third kappa shape index (κ3) is 3.33. The average Bonchev–Trinajstić information content (AvgIpc) is 3.34. The summed E-state index contributed by atoms with van der Waals surface area (Å²) in [7, 11) is -4.26. The molecular weight excluding hydrogens is 399 g/mol. The van der Waals surface area contributed by atoms with E-state index in [0.29, 0.717) is 23.5 Å². The maximum absolute atomic E-state index is 12.4. The van der Waals surface area contributed by atoms with Gasteiger partial charge >= 0.3 is 6.18 Å². The van der Waals surface area contributed by atoms with Gasteiger partial charge in [-0.1, -0.05) is 13.3 Å². The summed E-state index contributed by atoms with van der Waals surface area (Å²) in [5, 5.41) is 8.37. The summed E-state index contributed by atoms with van der Waals surface area (Å²) in [6.45, 7) is 0.454. The van der Waals surface area contributed by atoms with Crippen LogP contribution in [0.3, 0.4) is 0 Å². The number of fused-ring (bicyclic) bond motifs is 3. The van der Waals surface area contributed by atoms with Gasteiger partial charge in [0, 0.05) is 25.2 Å². The summed E-state index contributed by atoms with van der Waals surface area (Å²) in [5.74, 6) is 0.169. The zero-order valence-electron chi connectivity index (χ0n) is 14.8. The summed E-state index contributed by atoms with van der Waals surface area (Å²) in [4.78, 5) is 7.25. The fourth-order valence-electron chi connectivity index (χ4n) is 3.64. The van der Waals surface area contributed by atoms with E-state index < -0.39 is 22.9 Å². The van der Waals surface area contributed by atoms with Crippen LogP contribution in [-0.4, -0.2) is 63.1 Å². The lowest BCUT2D eigenvalue weighted by Crippen LogP contribution is -2.43. The first-order valence-corrected chi connectivity index (χ1v) is 10.1. The van der Waals surface area contributed by atoms with Crippen LogP contribution in [0.15, 0.2) is 18.5 Å². The van der Waals surface area contributed by atoms with E-state index in [1.165, 1.54) is 0 Å². The number of aromatic amines is 1. The van der Waals surface area contributed by atoms with Gasteiger partial charge in [-0.2, -0.15) is 30.6 Å². The van der Waals surface area contributed by atoms with Crippen LogP contribution in [0.1, 0.15) is 25.1 Å². The Hall–Kier alpha value is -2.25. The Morgan fingerprint density at radius 3 is 2.82 bits per heavy atom. The molecule has 2 N–H and O–H groups in total. The molecule has 1 saturated heterocycles. The minimum absolute atomic E-state index is 0.0285. The molecule has 2 atom stereocenters. The molecular formula is C15H18F3N7O2S. The second-order valence-corrected chi connectivity index (χ2v) is 8.51. The summed E-state index contributed by atoms with van der Waals surface area (Å²) in [6.07, 6.45) is -0.687. The highest BCUT2D eigenvalue weighted by molar-refractivity contribution is 7.87. The van der Waals surface area contributed by atoms with E-state index in [9.17, 15) is 21.6 Å². The van der Waals surface area contributed by atoms with E-state index in [4.69, 9.17) is 0 Å².